The molecule has 0 heterocycles. The average molecular weight is 353 g/mol. The van der Waals surface area contributed by atoms with Gasteiger partial charge in [0.1, 0.15) is 0 Å². The summed E-state index contributed by atoms with van der Waals surface area (Å²) in [5, 5.41) is 0. The van der Waals surface area contributed by atoms with Gasteiger partial charge in [0.25, 0.3) is 0 Å². The standard InChI is InChI=1S/C24H32O2/c1-5-6-15(2)18-7-8-19-17-14-22(26)21-13-16(25)9-11-24(21,4)20(17)10-12-23(18,19)3/h13,15,17-20H,7-12,14H2,1-4H3/t15?,17?,18-,19?,20?,23-,24-/m1/s1. The molecule has 0 aliphatic heterocycles. The number of allylic oxidation sites excluding steroid dienone is 1. The Morgan fingerprint density at radius 2 is 1.88 bits per heavy atom. The van der Waals surface area contributed by atoms with Crippen molar-refractivity contribution in [2.24, 2.45) is 40.4 Å². The van der Waals surface area contributed by atoms with Gasteiger partial charge in [0, 0.05) is 24.3 Å². The van der Waals surface area contributed by atoms with Gasteiger partial charge in [-0.15, -0.1) is 11.8 Å². The Hall–Kier alpha value is -1.36. The molecule has 3 fully saturated rings. The first-order valence-corrected chi connectivity index (χ1v) is 10.5. The third-order valence-corrected chi connectivity index (χ3v) is 8.84. The number of hydrogen-bond donors (Lipinski definition) is 0. The van der Waals surface area contributed by atoms with E-state index in [0.29, 0.717) is 47.8 Å². The van der Waals surface area contributed by atoms with Crippen LogP contribution < -0.4 is 0 Å². The van der Waals surface area contributed by atoms with Gasteiger partial charge in [-0.25, -0.2) is 0 Å². The van der Waals surface area contributed by atoms with E-state index in [1.165, 1.54) is 25.7 Å². The van der Waals surface area contributed by atoms with Crippen LogP contribution in [0.15, 0.2) is 11.6 Å². The first-order chi connectivity index (χ1) is 12.3. The van der Waals surface area contributed by atoms with Gasteiger partial charge in [-0.05, 0) is 79.6 Å². The summed E-state index contributed by atoms with van der Waals surface area (Å²) in [4.78, 5) is 24.9. The summed E-state index contributed by atoms with van der Waals surface area (Å²) in [5.41, 5.74) is 1.12. The Morgan fingerprint density at radius 3 is 2.62 bits per heavy atom. The van der Waals surface area contributed by atoms with Crippen molar-refractivity contribution in [3.8, 4) is 11.8 Å². The molecule has 3 saturated carbocycles. The van der Waals surface area contributed by atoms with Gasteiger partial charge >= 0.3 is 0 Å². The molecule has 0 spiro atoms. The highest BCUT2D eigenvalue weighted by molar-refractivity contribution is 6.05. The van der Waals surface area contributed by atoms with Crippen molar-refractivity contribution in [1.82, 2.24) is 0 Å². The molecule has 0 aromatic carbocycles. The van der Waals surface area contributed by atoms with Gasteiger partial charge in [0.05, 0.1) is 0 Å². The molecule has 0 radical (unpaired) electrons. The third-order valence-electron chi connectivity index (χ3n) is 8.84. The predicted octanol–water partition coefficient (Wildman–Crippen LogP) is 4.97. The maximum absolute atomic E-state index is 13.0. The summed E-state index contributed by atoms with van der Waals surface area (Å²) < 4.78 is 0. The maximum Gasteiger partial charge on any atom is 0.159 e. The molecule has 0 aromatic rings. The zero-order valence-corrected chi connectivity index (χ0v) is 16.7. The highest BCUT2D eigenvalue weighted by Crippen LogP contribution is 2.66. The van der Waals surface area contributed by atoms with Crippen LogP contribution >= 0.6 is 0 Å². The van der Waals surface area contributed by atoms with Crippen LogP contribution in [0.3, 0.4) is 0 Å². The normalized spacial score (nSPS) is 45.6. The number of rotatable bonds is 1. The summed E-state index contributed by atoms with van der Waals surface area (Å²) in [6.45, 7) is 9.01. The topological polar surface area (TPSA) is 34.1 Å². The zero-order chi connectivity index (χ0) is 18.7. The molecule has 7 atom stereocenters. The second kappa shape index (κ2) is 6.08. The minimum Gasteiger partial charge on any atom is -0.295 e. The molecule has 0 bridgehead atoms. The minimum absolute atomic E-state index is 0.0673. The lowest BCUT2D eigenvalue weighted by atomic mass is 9.46. The number of fused-ring (bicyclic) bond motifs is 5. The Kier molecular flexibility index (Phi) is 4.22. The van der Waals surface area contributed by atoms with E-state index in [0.717, 1.165) is 12.0 Å². The monoisotopic (exact) mass is 352 g/mol. The van der Waals surface area contributed by atoms with Crippen molar-refractivity contribution >= 4 is 11.6 Å². The van der Waals surface area contributed by atoms with Gasteiger partial charge in [0.15, 0.2) is 11.6 Å². The van der Waals surface area contributed by atoms with E-state index in [9.17, 15) is 9.59 Å². The lowest BCUT2D eigenvalue weighted by Crippen LogP contribution is -2.53. The van der Waals surface area contributed by atoms with E-state index in [1.54, 1.807) is 6.08 Å². The van der Waals surface area contributed by atoms with Crippen LogP contribution in [0.2, 0.25) is 0 Å². The second-order valence-electron chi connectivity index (χ2n) is 9.86. The van der Waals surface area contributed by atoms with Crippen molar-refractivity contribution in [1.29, 1.82) is 0 Å². The lowest BCUT2D eigenvalue weighted by molar-refractivity contribution is -0.131. The molecule has 2 heteroatoms. The van der Waals surface area contributed by atoms with E-state index in [1.807, 2.05) is 6.92 Å². The summed E-state index contributed by atoms with van der Waals surface area (Å²) >= 11 is 0. The van der Waals surface area contributed by atoms with Gasteiger partial charge in [0.2, 0.25) is 0 Å². The summed E-state index contributed by atoms with van der Waals surface area (Å²) in [5.74, 6) is 9.79. The predicted molar refractivity (Wildman–Crippen MR) is 103 cm³/mol. The van der Waals surface area contributed by atoms with E-state index in [4.69, 9.17) is 0 Å². The molecule has 26 heavy (non-hydrogen) atoms. The summed E-state index contributed by atoms with van der Waals surface area (Å²) in [6.07, 6.45) is 8.82. The molecule has 140 valence electrons. The Labute approximate surface area is 158 Å². The van der Waals surface area contributed by atoms with Crippen LogP contribution in [-0.2, 0) is 9.59 Å². The van der Waals surface area contributed by atoms with E-state index >= 15 is 0 Å². The average Bonchev–Trinajstić information content (AvgIpc) is 2.94. The fourth-order valence-electron chi connectivity index (χ4n) is 7.58. The first-order valence-electron chi connectivity index (χ1n) is 10.5. The van der Waals surface area contributed by atoms with E-state index in [-0.39, 0.29) is 17.0 Å². The fourth-order valence-corrected chi connectivity index (χ4v) is 7.58. The Bertz CT molecular complexity index is 735. The molecular formula is C24H32O2. The number of Topliss-reactive ketones (excluding diaryl/α,β-unsaturated/α-hetero) is 1. The van der Waals surface area contributed by atoms with Crippen LogP contribution in [0.1, 0.15) is 72.6 Å². The molecule has 0 amide bonds. The second-order valence-corrected chi connectivity index (χ2v) is 9.86. The molecule has 0 saturated heterocycles. The van der Waals surface area contributed by atoms with Crippen LogP contribution in [0.4, 0.5) is 0 Å². The van der Waals surface area contributed by atoms with E-state index < -0.39 is 0 Å². The highest BCUT2D eigenvalue weighted by atomic mass is 16.1. The van der Waals surface area contributed by atoms with Crippen LogP contribution in [-0.4, -0.2) is 11.6 Å². The Morgan fingerprint density at radius 1 is 1.12 bits per heavy atom. The molecule has 2 nitrogen and oxygen atoms in total. The zero-order valence-electron chi connectivity index (χ0n) is 16.7. The molecule has 4 rings (SSSR count). The van der Waals surface area contributed by atoms with Crippen molar-refractivity contribution in [3.05, 3.63) is 11.6 Å². The summed E-state index contributed by atoms with van der Waals surface area (Å²) in [7, 11) is 0. The Balaban J connectivity index is 1.68. The summed E-state index contributed by atoms with van der Waals surface area (Å²) in [6, 6.07) is 0. The van der Waals surface area contributed by atoms with Crippen molar-refractivity contribution in [2.45, 2.75) is 72.6 Å². The van der Waals surface area contributed by atoms with Crippen molar-refractivity contribution in [3.63, 3.8) is 0 Å². The van der Waals surface area contributed by atoms with Gasteiger partial charge in [-0.3, -0.25) is 9.59 Å². The quantitative estimate of drug-likeness (QED) is 0.624. The number of ketones is 2. The number of carbonyl (C=O) groups excluding carboxylic acids is 2. The van der Waals surface area contributed by atoms with Crippen LogP contribution in [0.25, 0.3) is 0 Å². The number of carbonyl (C=O) groups is 2. The largest absolute Gasteiger partial charge is 0.295 e. The molecule has 0 aromatic heterocycles. The lowest BCUT2D eigenvalue weighted by Gasteiger charge is -2.57. The van der Waals surface area contributed by atoms with Gasteiger partial charge in [-0.2, -0.15) is 0 Å². The van der Waals surface area contributed by atoms with E-state index in [2.05, 4.69) is 32.6 Å². The van der Waals surface area contributed by atoms with Gasteiger partial charge < -0.3 is 0 Å². The third kappa shape index (κ3) is 2.39. The smallest absolute Gasteiger partial charge is 0.159 e. The van der Waals surface area contributed by atoms with Crippen LogP contribution in [0.5, 0.6) is 0 Å². The van der Waals surface area contributed by atoms with Crippen molar-refractivity contribution in [2.75, 3.05) is 0 Å². The highest BCUT2D eigenvalue weighted by Gasteiger charge is 2.61. The molecular weight excluding hydrogens is 320 g/mol. The number of hydrogen-bond acceptors (Lipinski definition) is 2. The molecule has 0 N–H and O–H groups in total. The minimum atomic E-state index is -0.0673. The first kappa shape index (κ1) is 18.0. The van der Waals surface area contributed by atoms with Crippen molar-refractivity contribution < 1.29 is 9.59 Å². The molecule has 4 aliphatic rings. The molecule has 4 aliphatic carbocycles. The molecule has 4 unspecified atom stereocenters. The fraction of sp³-hybridized carbons (Fsp3) is 0.750. The van der Waals surface area contributed by atoms with Gasteiger partial charge in [-0.1, -0.05) is 20.8 Å². The maximum atomic E-state index is 13.0. The SMILES string of the molecule is CC#CC(C)[C@H]1CCC2C3CC(=O)C4=CC(=O)CC[C@]4(C)C3CC[C@@]21C. The van der Waals surface area contributed by atoms with Crippen LogP contribution in [0, 0.1) is 52.3 Å².